The fraction of sp³-hybridized carbons (Fsp3) is 1.00. The van der Waals surface area contributed by atoms with Crippen LogP contribution in [0.3, 0.4) is 0 Å². The molecule has 0 spiro atoms. The lowest BCUT2D eigenvalue weighted by atomic mass is 10.5. The van der Waals surface area contributed by atoms with E-state index in [9.17, 15) is 0 Å². The second-order valence-electron chi connectivity index (χ2n) is 3.16. The molecule has 3 aliphatic rings. The molecule has 0 aromatic rings. The van der Waals surface area contributed by atoms with Crippen molar-refractivity contribution in [2.45, 2.75) is 6.42 Å². The van der Waals surface area contributed by atoms with E-state index in [1.165, 1.54) is 0 Å². The van der Waals surface area contributed by atoms with Gasteiger partial charge in [0.2, 0.25) is 0 Å². The average molecular weight is 236 g/mol. The zero-order valence-corrected chi connectivity index (χ0v) is 9.52. The molecule has 0 unspecified atom stereocenters. The monoisotopic (exact) mass is 236 g/mol. The minimum absolute atomic E-state index is 0.500. The molecule has 16 heavy (non-hydrogen) atoms. The standard InChI is InChI=1S/C4H8O2.2C3H6O2/c1-2-5-4-6-3-1;2*1-2-5-3-4-1/h1-4H2;2*1-3H2. The Hall–Kier alpha value is -0.240. The van der Waals surface area contributed by atoms with Gasteiger partial charge in [-0.1, -0.05) is 0 Å². The summed E-state index contributed by atoms with van der Waals surface area (Å²) >= 11 is 0. The highest BCUT2D eigenvalue weighted by atomic mass is 16.7. The summed E-state index contributed by atoms with van der Waals surface area (Å²) in [6.07, 6.45) is 1.06. The second kappa shape index (κ2) is 11.3. The van der Waals surface area contributed by atoms with E-state index in [0.29, 0.717) is 20.4 Å². The Kier molecular flexibility index (Phi) is 9.72. The van der Waals surface area contributed by atoms with E-state index in [1.54, 1.807) is 0 Å². The Bertz CT molecular complexity index is 94.5. The highest BCUT2D eigenvalue weighted by Gasteiger charge is 1.95. The average Bonchev–Trinajstić information content (AvgIpc) is 3.10. The lowest BCUT2D eigenvalue weighted by molar-refractivity contribution is -0.0963. The largest absolute Gasteiger partial charge is 0.355 e. The van der Waals surface area contributed by atoms with Gasteiger partial charge in [0.25, 0.3) is 0 Å². The van der Waals surface area contributed by atoms with Crippen molar-refractivity contribution in [1.82, 2.24) is 0 Å². The maximum absolute atomic E-state index is 4.85. The van der Waals surface area contributed by atoms with Gasteiger partial charge in [-0.3, -0.25) is 0 Å². The third-order valence-corrected chi connectivity index (χ3v) is 1.82. The Morgan fingerprint density at radius 1 is 0.375 bits per heavy atom. The zero-order chi connectivity index (χ0) is 11.3. The van der Waals surface area contributed by atoms with E-state index < -0.39 is 0 Å². The highest BCUT2D eigenvalue weighted by Crippen LogP contribution is 1.91. The molecule has 0 aliphatic carbocycles. The van der Waals surface area contributed by atoms with Crippen LogP contribution in [0.15, 0.2) is 0 Å². The van der Waals surface area contributed by atoms with Gasteiger partial charge in [0.15, 0.2) is 0 Å². The van der Waals surface area contributed by atoms with Crippen LogP contribution in [0.2, 0.25) is 0 Å². The van der Waals surface area contributed by atoms with Crippen LogP contribution in [0.1, 0.15) is 6.42 Å². The van der Waals surface area contributed by atoms with Gasteiger partial charge in [-0.25, -0.2) is 0 Å². The van der Waals surface area contributed by atoms with E-state index in [0.717, 1.165) is 46.1 Å². The molecule has 6 heteroatoms. The van der Waals surface area contributed by atoms with Gasteiger partial charge in [0.05, 0.1) is 39.6 Å². The molecule has 6 nitrogen and oxygen atoms in total. The van der Waals surface area contributed by atoms with Gasteiger partial charge in [-0.05, 0) is 6.42 Å². The van der Waals surface area contributed by atoms with E-state index in [1.807, 2.05) is 0 Å². The van der Waals surface area contributed by atoms with Crippen molar-refractivity contribution >= 4 is 0 Å². The molecule has 3 aliphatic heterocycles. The molecule has 96 valence electrons. The summed E-state index contributed by atoms with van der Waals surface area (Å²) in [4.78, 5) is 0. The normalized spacial score (nSPS) is 24.0. The first-order chi connectivity index (χ1) is 8.00. The lowest BCUT2D eigenvalue weighted by Crippen LogP contribution is -2.11. The predicted octanol–water partition coefficient (Wildman–Crippen LogP) is 0.362. The second-order valence-corrected chi connectivity index (χ2v) is 3.16. The van der Waals surface area contributed by atoms with Gasteiger partial charge >= 0.3 is 0 Å². The molecule has 3 rings (SSSR count). The van der Waals surface area contributed by atoms with Crippen molar-refractivity contribution in [1.29, 1.82) is 0 Å². The summed E-state index contributed by atoms with van der Waals surface area (Å²) in [7, 11) is 0. The number of hydrogen-bond acceptors (Lipinski definition) is 6. The predicted molar refractivity (Wildman–Crippen MR) is 54.9 cm³/mol. The van der Waals surface area contributed by atoms with Crippen LogP contribution in [0, 0.1) is 0 Å². The fourth-order valence-corrected chi connectivity index (χ4v) is 1.03. The van der Waals surface area contributed by atoms with Crippen LogP contribution < -0.4 is 0 Å². The van der Waals surface area contributed by atoms with Gasteiger partial charge in [0, 0.05) is 0 Å². The molecule has 0 saturated carbocycles. The van der Waals surface area contributed by atoms with Crippen molar-refractivity contribution in [3.05, 3.63) is 0 Å². The zero-order valence-electron chi connectivity index (χ0n) is 9.52. The molecule has 3 saturated heterocycles. The first-order valence-electron chi connectivity index (χ1n) is 5.46. The van der Waals surface area contributed by atoms with Crippen molar-refractivity contribution in [2.75, 3.05) is 60.0 Å². The summed E-state index contributed by atoms with van der Waals surface area (Å²) in [6, 6.07) is 0. The minimum Gasteiger partial charge on any atom is -0.355 e. The van der Waals surface area contributed by atoms with E-state index in [-0.39, 0.29) is 0 Å². The number of hydrogen-bond donors (Lipinski definition) is 0. The van der Waals surface area contributed by atoms with Crippen LogP contribution in [0.5, 0.6) is 0 Å². The first-order valence-corrected chi connectivity index (χ1v) is 5.46. The smallest absolute Gasteiger partial charge is 0.146 e. The molecule has 0 aromatic carbocycles. The number of rotatable bonds is 0. The Morgan fingerprint density at radius 2 is 0.688 bits per heavy atom. The maximum Gasteiger partial charge on any atom is 0.146 e. The van der Waals surface area contributed by atoms with Crippen molar-refractivity contribution in [3.8, 4) is 0 Å². The highest BCUT2D eigenvalue weighted by molar-refractivity contribution is 4.34. The first kappa shape index (κ1) is 13.8. The molecule has 0 radical (unpaired) electrons. The number of ether oxygens (including phenoxy) is 6. The topological polar surface area (TPSA) is 55.4 Å². The van der Waals surface area contributed by atoms with E-state index in [2.05, 4.69) is 0 Å². The van der Waals surface area contributed by atoms with Crippen molar-refractivity contribution < 1.29 is 28.4 Å². The van der Waals surface area contributed by atoms with Gasteiger partial charge < -0.3 is 28.4 Å². The SMILES string of the molecule is C1COCO1.C1COCO1.C1COCOC1. The lowest BCUT2D eigenvalue weighted by Gasteiger charge is -2.09. The van der Waals surface area contributed by atoms with Crippen LogP contribution in [0.4, 0.5) is 0 Å². The van der Waals surface area contributed by atoms with E-state index in [4.69, 9.17) is 28.4 Å². The quantitative estimate of drug-likeness (QED) is 0.605. The summed E-state index contributed by atoms with van der Waals surface area (Å²) in [5, 5.41) is 0. The van der Waals surface area contributed by atoms with E-state index >= 15 is 0 Å². The molecule has 0 aromatic heterocycles. The molecule has 0 N–H and O–H groups in total. The van der Waals surface area contributed by atoms with Crippen LogP contribution >= 0.6 is 0 Å². The Morgan fingerprint density at radius 3 is 0.812 bits per heavy atom. The minimum atomic E-state index is 0.500. The van der Waals surface area contributed by atoms with Gasteiger partial charge in [0.1, 0.15) is 20.4 Å². The molecule has 0 bridgehead atoms. The fourth-order valence-electron chi connectivity index (χ4n) is 1.03. The van der Waals surface area contributed by atoms with Gasteiger partial charge in [-0.15, -0.1) is 0 Å². The molecule has 3 heterocycles. The summed E-state index contributed by atoms with van der Waals surface area (Å²) in [5.74, 6) is 0. The Labute approximate surface area is 95.7 Å². The maximum atomic E-state index is 4.85. The third kappa shape index (κ3) is 9.02. The van der Waals surface area contributed by atoms with Crippen LogP contribution in [-0.4, -0.2) is 60.0 Å². The van der Waals surface area contributed by atoms with Gasteiger partial charge in [-0.2, -0.15) is 0 Å². The van der Waals surface area contributed by atoms with Crippen molar-refractivity contribution in [3.63, 3.8) is 0 Å². The summed E-state index contributed by atoms with van der Waals surface area (Å²) in [6.45, 7) is 6.36. The molecular weight excluding hydrogens is 216 g/mol. The van der Waals surface area contributed by atoms with Crippen LogP contribution in [-0.2, 0) is 28.4 Å². The van der Waals surface area contributed by atoms with Crippen LogP contribution in [0.25, 0.3) is 0 Å². The molecule has 3 fully saturated rings. The molecular formula is C10H20O6. The molecule has 0 atom stereocenters. The third-order valence-electron chi connectivity index (χ3n) is 1.82. The van der Waals surface area contributed by atoms with Crippen molar-refractivity contribution in [2.24, 2.45) is 0 Å². The summed E-state index contributed by atoms with van der Waals surface area (Å²) < 4.78 is 28.6. The molecule has 0 amide bonds. The Balaban J connectivity index is 0.000000121. The summed E-state index contributed by atoms with van der Waals surface area (Å²) in [5.41, 5.74) is 0.